The third-order valence-corrected chi connectivity index (χ3v) is 4.51. The zero-order valence-electron chi connectivity index (χ0n) is 17.5. The first kappa shape index (κ1) is 23.8. The van der Waals surface area contributed by atoms with E-state index in [1.165, 1.54) is 0 Å². The van der Waals surface area contributed by atoms with Crippen molar-refractivity contribution >= 4 is 34.8 Å². The van der Waals surface area contributed by atoms with Gasteiger partial charge in [-0.3, -0.25) is 9.59 Å². The zero-order valence-corrected chi connectivity index (χ0v) is 17.5. The minimum absolute atomic E-state index is 0.0104. The molecule has 0 aliphatic carbocycles. The predicted octanol–water partition coefficient (Wildman–Crippen LogP) is 2.05. The van der Waals surface area contributed by atoms with Crippen molar-refractivity contribution in [2.75, 3.05) is 6.61 Å². The van der Waals surface area contributed by atoms with E-state index in [-0.39, 0.29) is 25.9 Å². The summed E-state index contributed by atoms with van der Waals surface area (Å²) in [5, 5.41) is 19.4. The van der Waals surface area contributed by atoms with Gasteiger partial charge in [-0.1, -0.05) is 18.2 Å². The van der Waals surface area contributed by atoms with Gasteiger partial charge in [-0.15, -0.1) is 0 Å². The van der Waals surface area contributed by atoms with Crippen molar-refractivity contribution in [3.8, 4) is 6.07 Å². The quantitative estimate of drug-likeness (QED) is 0.350. The van der Waals surface area contributed by atoms with Gasteiger partial charge in [0.15, 0.2) is 5.78 Å². The van der Waals surface area contributed by atoms with Gasteiger partial charge in [0, 0.05) is 29.9 Å². The molecular formula is C22H26N4O5. The van der Waals surface area contributed by atoms with E-state index >= 15 is 0 Å². The van der Waals surface area contributed by atoms with Crippen LogP contribution in [0.15, 0.2) is 30.5 Å². The molecule has 164 valence electrons. The highest BCUT2D eigenvalue weighted by Crippen LogP contribution is 2.20. The lowest BCUT2D eigenvalue weighted by molar-refractivity contribution is -0.152. The Hall–Kier alpha value is -3.51. The van der Waals surface area contributed by atoms with Crippen molar-refractivity contribution in [3.05, 3.63) is 36.0 Å². The van der Waals surface area contributed by atoms with E-state index in [1.54, 1.807) is 20.0 Å². The maximum atomic E-state index is 12.9. The first-order valence-corrected chi connectivity index (χ1v) is 9.93. The summed E-state index contributed by atoms with van der Waals surface area (Å²) < 4.78 is 10.6. The number of rotatable bonds is 12. The number of carbonyl (C=O) groups is 3. The maximum Gasteiger partial charge on any atom is 0.328 e. The van der Waals surface area contributed by atoms with Gasteiger partial charge in [0.1, 0.15) is 18.8 Å². The van der Waals surface area contributed by atoms with E-state index in [0.29, 0.717) is 6.21 Å². The Labute approximate surface area is 180 Å². The average Bonchev–Trinajstić information content (AvgIpc) is 3.15. The molecule has 1 aromatic carbocycles. The summed E-state index contributed by atoms with van der Waals surface area (Å²) in [6.45, 7) is 3.05. The fourth-order valence-electron chi connectivity index (χ4n) is 3.05. The first-order chi connectivity index (χ1) is 14.8. The van der Waals surface area contributed by atoms with Crippen LogP contribution in [-0.2, 0) is 30.3 Å². The summed E-state index contributed by atoms with van der Waals surface area (Å²) in [6, 6.07) is 8.35. The van der Waals surface area contributed by atoms with Crippen LogP contribution in [0.5, 0.6) is 0 Å². The van der Waals surface area contributed by atoms with Crippen LogP contribution in [0.2, 0.25) is 0 Å². The second-order valence-electron chi connectivity index (χ2n) is 7.22. The number of fused-ring (bicyclic) bond motifs is 1. The number of hydrogen-bond acceptors (Lipinski definition) is 7. The van der Waals surface area contributed by atoms with Gasteiger partial charge in [0.05, 0.1) is 18.4 Å². The van der Waals surface area contributed by atoms with Crippen molar-refractivity contribution in [1.82, 2.24) is 10.3 Å². The zero-order chi connectivity index (χ0) is 22.8. The minimum Gasteiger partial charge on any atom is -0.461 e. The Morgan fingerprint density at radius 1 is 1.29 bits per heavy atom. The molecule has 0 unspecified atom stereocenters. The van der Waals surface area contributed by atoms with E-state index in [1.807, 2.05) is 30.3 Å². The highest BCUT2D eigenvalue weighted by Gasteiger charge is 2.28. The molecule has 0 aliphatic heterocycles. The normalized spacial score (nSPS) is 12.7. The van der Waals surface area contributed by atoms with E-state index in [9.17, 15) is 14.4 Å². The lowest BCUT2D eigenvalue weighted by Gasteiger charge is -2.22. The molecule has 3 N–H and O–H groups in total. The third-order valence-electron chi connectivity index (χ3n) is 4.51. The summed E-state index contributed by atoms with van der Waals surface area (Å²) in [5.41, 5.74) is 1.73. The molecule has 2 aromatic rings. The van der Waals surface area contributed by atoms with Crippen molar-refractivity contribution < 1.29 is 23.9 Å². The van der Waals surface area contributed by atoms with Gasteiger partial charge in [-0.25, -0.2) is 4.79 Å². The lowest BCUT2D eigenvalue weighted by atomic mass is 10.0. The highest BCUT2D eigenvalue weighted by atomic mass is 16.5. The first-order valence-electron chi connectivity index (χ1n) is 9.93. The number of ketones is 1. The number of amides is 1. The Balaban J connectivity index is 2.17. The summed E-state index contributed by atoms with van der Waals surface area (Å²) >= 11 is 0. The SMILES string of the molecule is CC(C)OC(=O)[C@H](CCC(=O)C=N)NC(=O)[C@H](Cc1c[nH]c2ccccc12)OCC#N. The largest absolute Gasteiger partial charge is 0.461 e. The Morgan fingerprint density at radius 2 is 2.03 bits per heavy atom. The van der Waals surface area contributed by atoms with Gasteiger partial charge in [-0.2, -0.15) is 5.26 Å². The number of benzene rings is 1. The number of Topliss-reactive ketones (excluding diaryl/α,β-unsaturated/α-hetero) is 1. The number of nitrogens with one attached hydrogen (secondary N) is 3. The molecule has 0 spiro atoms. The fourth-order valence-corrected chi connectivity index (χ4v) is 3.05. The number of aromatic amines is 1. The monoisotopic (exact) mass is 426 g/mol. The fraction of sp³-hybridized carbons (Fsp3) is 0.409. The topological polar surface area (TPSA) is 145 Å². The Morgan fingerprint density at radius 3 is 2.71 bits per heavy atom. The molecule has 1 heterocycles. The number of nitriles is 1. The van der Waals surface area contributed by atoms with Crippen LogP contribution in [0.25, 0.3) is 10.9 Å². The van der Waals surface area contributed by atoms with Crippen molar-refractivity contribution in [1.29, 1.82) is 10.7 Å². The van der Waals surface area contributed by atoms with E-state index in [0.717, 1.165) is 16.5 Å². The smallest absolute Gasteiger partial charge is 0.328 e. The molecule has 0 aliphatic rings. The highest BCUT2D eigenvalue weighted by molar-refractivity contribution is 6.26. The van der Waals surface area contributed by atoms with Crippen molar-refractivity contribution in [3.63, 3.8) is 0 Å². The molecule has 1 aromatic heterocycles. The second-order valence-corrected chi connectivity index (χ2v) is 7.22. The predicted molar refractivity (Wildman–Crippen MR) is 114 cm³/mol. The number of esters is 1. The van der Waals surface area contributed by atoms with Gasteiger partial charge in [0.25, 0.3) is 0 Å². The van der Waals surface area contributed by atoms with E-state index < -0.39 is 35.9 Å². The number of carbonyl (C=O) groups excluding carboxylic acids is 3. The van der Waals surface area contributed by atoms with Crippen LogP contribution in [-0.4, -0.2) is 53.7 Å². The van der Waals surface area contributed by atoms with E-state index in [4.69, 9.17) is 20.1 Å². The molecule has 0 saturated heterocycles. The second kappa shape index (κ2) is 11.6. The van der Waals surface area contributed by atoms with Gasteiger partial charge >= 0.3 is 5.97 Å². The van der Waals surface area contributed by atoms with Crippen molar-refractivity contribution in [2.45, 2.75) is 51.4 Å². The summed E-state index contributed by atoms with van der Waals surface area (Å²) in [4.78, 5) is 40.0. The van der Waals surface area contributed by atoms with Crippen LogP contribution in [0.3, 0.4) is 0 Å². The van der Waals surface area contributed by atoms with Gasteiger partial charge in [-0.05, 0) is 31.9 Å². The van der Waals surface area contributed by atoms with Crippen LogP contribution in [0, 0.1) is 16.7 Å². The third kappa shape index (κ3) is 7.04. The molecule has 9 heteroatoms. The molecule has 9 nitrogen and oxygen atoms in total. The Bertz CT molecular complexity index is 976. The number of para-hydroxylation sites is 1. The average molecular weight is 426 g/mol. The standard InChI is InChI=1S/C22H26N4O5/c1-14(2)31-22(29)19(8-7-16(27)12-24)26-21(28)20(30-10-9-23)11-15-13-25-18-6-4-3-5-17(15)18/h3-6,12-14,19-20,24-25H,7-8,10-11H2,1-2H3,(H,26,28)/t19-,20-/m0/s1. The Kier molecular flexibility index (Phi) is 8.91. The summed E-state index contributed by atoms with van der Waals surface area (Å²) in [5.74, 6) is -1.73. The molecular weight excluding hydrogens is 400 g/mol. The summed E-state index contributed by atoms with van der Waals surface area (Å²) in [7, 11) is 0. The number of H-pyrrole nitrogens is 1. The molecule has 2 atom stereocenters. The van der Waals surface area contributed by atoms with Crippen molar-refractivity contribution in [2.24, 2.45) is 0 Å². The van der Waals surface area contributed by atoms with E-state index in [2.05, 4.69) is 10.3 Å². The molecule has 0 fully saturated rings. The molecule has 31 heavy (non-hydrogen) atoms. The lowest BCUT2D eigenvalue weighted by Crippen LogP contribution is -2.48. The maximum absolute atomic E-state index is 12.9. The van der Waals surface area contributed by atoms with Gasteiger partial charge < -0.3 is 25.2 Å². The summed E-state index contributed by atoms with van der Waals surface area (Å²) in [6.07, 6.45) is 1.10. The minimum atomic E-state index is -1.07. The number of hydrogen-bond donors (Lipinski definition) is 3. The number of nitrogens with zero attached hydrogens (tertiary/aromatic N) is 1. The van der Waals surface area contributed by atoms with Gasteiger partial charge in [0.2, 0.25) is 5.91 Å². The molecule has 0 saturated carbocycles. The van der Waals surface area contributed by atoms with Crippen LogP contribution in [0.1, 0.15) is 32.3 Å². The molecule has 0 radical (unpaired) electrons. The molecule has 0 bridgehead atoms. The van der Waals surface area contributed by atoms with Crippen LogP contribution in [0.4, 0.5) is 0 Å². The number of ether oxygens (including phenoxy) is 2. The number of aromatic nitrogens is 1. The molecule has 1 amide bonds. The van der Waals surface area contributed by atoms with Crippen LogP contribution < -0.4 is 5.32 Å². The van der Waals surface area contributed by atoms with Crippen LogP contribution >= 0.6 is 0 Å². The molecule has 2 rings (SSSR count).